The molecule has 0 spiro atoms. The maximum absolute atomic E-state index is 12.3. The molecule has 0 saturated carbocycles. The van der Waals surface area contributed by atoms with E-state index in [1.807, 2.05) is 30.3 Å². The molecular weight excluding hydrogens is 326 g/mol. The maximum Gasteiger partial charge on any atom is 0.229 e. The van der Waals surface area contributed by atoms with E-state index < -0.39 is 0 Å². The number of nitrogens with one attached hydrogen (secondary N) is 1. The smallest absolute Gasteiger partial charge is 0.229 e. The number of carbonyl (C=O) groups excluding carboxylic acids is 1. The summed E-state index contributed by atoms with van der Waals surface area (Å²) in [5.41, 5.74) is 9.66. The van der Waals surface area contributed by atoms with Crippen molar-refractivity contribution in [2.24, 2.45) is 16.0 Å². The molecule has 0 aliphatic heterocycles. The summed E-state index contributed by atoms with van der Waals surface area (Å²) in [6.45, 7) is 0. The number of benzene rings is 1. The zero-order chi connectivity index (χ0) is 17.5. The number of nitrogens with two attached hydrogens (primary N) is 1. The normalized spacial score (nSPS) is 15.9. The van der Waals surface area contributed by atoms with Gasteiger partial charge in [-0.1, -0.05) is 18.2 Å². The van der Waals surface area contributed by atoms with E-state index >= 15 is 0 Å². The van der Waals surface area contributed by atoms with Crippen molar-refractivity contribution < 1.29 is 9.53 Å². The number of nitrogens with zero attached hydrogens (tertiary/aromatic N) is 3. The van der Waals surface area contributed by atoms with Gasteiger partial charge in [0, 0.05) is 24.9 Å². The van der Waals surface area contributed by atoms with Crippen molar-refractivity contribution in [3.8, 4) is 0 Å². The Kier molecular flexibility index (Phi) is 5.80. The zero-order valence-corrected chi connectivity index (χ0v) is 14.1. The van der Waals surface area contributed by atoms with Crippen molar-refractivity contribution in [1.82, 2.24) is 10.4 Å². The lowest BCUT2D eigenvalue weighted by Crippen LogP contribution is -2.39. The Balaban J connectivity index is 2.28. The Morgan fingerprint density at radius 1 is 1.29 bits per heavy atom. The number of Topliss-reactive ketones (excluding diaryl/α,β-unsaturated/α-hetero) is 1. The fourth-order valence-corrected chi connectivity index (χ4v) is 2.08. The van der Waals surface area contributed by atoms with Crippen LogP contribution in [0.1, 0.15) is 0 Å². The van der Waals surface area contributed by atoms with Crippen LogP contribution in [0.4, 0.5) is 5.69 Å². The van der Waals surface area contributed by atoms with Crippen molar-refractivity contribution in [2.75, 3.05) is 14.2 Å². The average Bonchev–Trinajstić information content (AvgIpc) is 2.55. The second-order valence-electron chi connectivity index (χ2n) is 4.82. The quantitative estimate of drug-likeness (QED) is 0.369. The second kappa shape index (κ2) is 8.02. The van der Waals surface area contributed by atoms with E-state index in [1.54, 1.807) is 19.3 Å². The van der Waals surface area contributed by atoms with Crippen LogP contribution in [0, 0.1) is 0 Å². The van der Waals surface area contributed by atoms with Crippen LogP contribution in [-0.4, -0.2) is 30.1 Å². The monoisotopic (exact) mass is 343 g/mol. The minimum absolute atomic E-state index is 0.0908. The lowest BCUT2D eigenvalue weighted by atomic mass is 10.0. The molecule has 1 aromatic carbocycles. The van der Waals surface area contributed by atoms with Crippen LogP contribution in [0.15, 0.2) is 75.9 Å². The highest BCUT2D eigenvalue weighted by Gasteiger charge is 2.21. The average molecular weight is 343 g/mol. The molecule has 2 rings (SSSR count). The number of ether oxygens (including phenoxy) is 1. The molecule has 0 fully saturated rings. The van der Waals surface area contributed by atoms with E-state index in [9.17, 15) is 4.79 Å². The number of thiocarbonyl (C=S) groups is 1. The standard InChI is InChI=1S/C16H17N5O2S/c1-21(20-16(17)24)10-11-8-13(9-14(23-2)15(11)22)19-18-12-6-4-3-5-7-12/h3-10H,1-2H3,(H3,17,20,24). The topological polar surface area (TPSA) is 92.3 Å². The minimum Gasteiger partial charge on any atom is -0.493 e. The highest BCUT2D eigenvalue weighted by molar-refractivity contribution is 7.80. The third-order valence-electron chi connectivity index (χ3n) is 2.94. The van der Waals surface area contributed by atoms with Crippen molar-refractivity contribution in [2.45, 2.75) is 0 Å². The maximum atomic E-state index is 12.3. The summed E-state index contributed by atoms with van der Waals surface area (Å²) in [4.78, 5) is 12.3. The number of allylic oxidation sites excluding steroid dienone is 3. The van der Waals surface area contributed by atoms with Crippen LogP contribution < -0.4 is 11.2 Å². The van der Waals surface area contributed by atoms with Gasteiger partial charge in [-0.05, 0) is 30.4 Å². The molecule has 24 heavy (non-hydrogen) atoms. The van der Waals surface area contributed by atoms with Gasteiger partial charge in [0.05, 0.1) is 18.5 Å². The molecule has 7 nitrogen and oxygen atoms in total. The molecule has 0 unspecified atom stereocenters. The van der Waals surface area contributed by atoms with E-state index in [0.29, 0.717) is 17.0 Å². The predicted octanol–water partition coefficient (Wildman–Crippen LogP) is 2.33. The highest BCUT2D eigenvalue weighted by atomic mass is 32.1. The Hall–Kier alpha value is -3.00. The summed E-state index contributed by atoms with van der Waals surface area (Å²) in [6, 6.07) is 9.29. The number of hydrogen-bond acceptors (Lipinski definition) is 6. The number of ketones is 1. The molecule has 0 atom stereocenters. The molecule has 8 heteroatoms. The van der Waals surface area contributed by atoms with Gasteiger partial charge < -0.3 is 10.5 Å². The van der Waals surface area contributed by atoms with E-state index in [0.717, 1.165) is 0 Å². The molecule has 124 valence electrons. The van der Waals surface area contributed by atoms with Crippen molar-refractivity contribution in [3.05, 3.63) is 65.7 Å². The molecule has 0 heterocycles. The number of carbonyl (C=O) groups is 1. The van der Waals surface area contributed by atoms with Crippen LogP contribution >= 0.6 is 12.2 Å². The van der Waals surface area contributed by atoms with E-state index in [2.05, 4.69) is 15.7 Å². The first kappa shape index (κ1) is 17.4. The summed E-state index contributed by atoms with van der Waals surface area (Å²) in [5.74, 6) is -0.0952. The Labute approximate surface area is 145 Å². The Morgan fingerprint density at radius 3 is 2.62 bits per heavy atom. The second-order valence-corrected chi connectivity index (χ2v) is 5.26. The Morgan fingerprint density at radius 2 is 2.00 bits per heavy atom. The van der Waals surface area contributed by atoms with Gasteiger partial charge in [-0.2, -0.15) is 10.2 Å². The molecule has 3 N–H and O–H groups in total. The molecule has 1 aliphatic rings. The third-order valence-corrected chi connectivity index (χ3v) is 3.04. The van der Waals surface area contributed by atoms with Crippen molar-refractivity contribution >= 4 is 28.8 Å². The molecule has 0 saturated heterocycles. The number of hydrogen-bond donors (Lipinski definition) is 2. The minimum atomic E-state index is -0.271. The van der Waals surface area contributed by atoms with Crippen molar-refractivity contribution in [3.63, 3.8) is 0 Å². The van der Waals surface area contributed by atoms with E-state index in [4.69, 9.17) is 22.7 Å². The first-order valence-corrected chi connectivity index (χ1v) is 7.40. The first-order valence-electron chi connectivity index (χ1n) is 6.99. The molecule has 1 aliphatic carbocycles. The summed E-state index contributed by atoms with van der Waals surface area (Å²) in [5, 5.41) is 9.86. The molecule has 0 bridgehead atoms. The van der Waals surface area contributed by atoms with Crippen LogP contribution in [0.5, 0.6) is 0 Å². The van der Waals surface area contributed by atoms with E-state index in [1.165, 1.54) is 18.2 Å². The fraction of sp³-hybridized carbons (Fsp3) is 0.125. The lowest BCUT2D eigenvalue weighted by Gasteiger charge is -2.18. The zero-order valence-electron chi connectivity index (χ0n) is 13.3. The van der Waals surface area contributed by atoms with Gasteiger partial charge in [-0.25, -0.2) is 0 Å². The molecule has 0 aromatic heterocycles. The summed E-state index contributed by atoms with van der Waals surface area (Å²) in [7, 11) is 3.10. The highest BCUT2D eigenvalue weighted by Crippen LogP contribution is 2.22. The van der Waals surface area contributed by atoms with Gasteiger partial charge in [0.15, 0.2) is 10.9 Å². The molecule has 1 aromatic rings. The third kappa shape index (κ3) is 4.75. The van der Waals surface area contributed by atoms with Crippen LogP contribution in [-0.2, 0) is 9.53 Å². The fourth-order valence-electron chi connectivity index (χ4n) is 1.94. The predicted molar refractivity (Wildman–Crippen MR) is 94.9 cm³/mol. The summed E-state index contributed by atoms with van der Waals surface area (Å²) < 4.78 is 5.12. The number of azo groups is 1. The van der Waals surface area contributed by atoms with Gasteiger partial charge in [0.25, 0.3) is 0 Å². The molecule has 0 amide bonds. The number of rotatable bonds is 5. The van der Waals surface area contributed by atoms with Gasteiger partial charge in [-0.15, -0.1) is 0 Å². The number of hydrazine groups is 1. The van der Waals surface area contributed by atoms with Gasteiger partial charge in [-0.3, -0.25) is 15.2 Å². The molecular formula is C16H17N5O2S. The van der Waals surface area contributed by atoms with E-state index in [-0.39, 0.29) is 16.7 Å². The summed E-state index contributed by atoms with van der Waals surface area (Å²) >= 11 is 4.76. The first-order chi connectivity index (χ1) is 11.5. The summed E-state index contributed by atoms with van der Waals surface area (Å²) in [6.07, 6.45) is 4.69. The van der Waals surface area contributed by atoms with Gasteiger partial charge in [0.1, 0.15) is 0 Å². The number of methoxy groups -OCH3 is 1. The van der Waals surface area contributed by atoms with Crippen molar-refractivity contribution in [1.29, 1.82) is 0 Å². The van der Waals surface area contributed by atoms with Crippen LogP contribution in [0.25, 0.3) is 0 Å². The lowest BCUT2D eigenvalue weighted by molar-refractivity contribution is -0.114. The van der Waals surface area contributed by atoms with Crippen LogP contribution in [0.3, 0.4) is 0 Å². The molecule has 0 radical (unpaired) electrons. The van der Waals surface area contributed by atoms with Crippen LogP contribution in [0.2, 0.25) is 0 Å². The largest absolute Gasteiger partial charge is 0.493 e. The van der Waals surface area contributed by atoms with Gasteiger partial charge >= 0.3 is 0 Å². The SMILES string of the molecule is COC1=CC(N=Nc2ccccc2)=CC(=CN(C)NC(N)=S)C1=O. The van der Waals surface area contributed by atoms with Gasteiger partial charge in [0.2, 0.25) is 5.78 Å². The Bertz CT molecular complexity index is 753.